The van der Waals surface area contributed by atoms with Crippen LogP contribution in [0.2, 0.25) is 0 Å². The molecule has 4 aromatic carbocycles. The van der Waals surface area contributed by atoms with Gasteiger partial charge in [0.05, 0.1) is 11.1 Å². The average molecular weight is 392 g/mol. The summed E-state index contributed by atoms with van der Waals surface area (Å²) in [6.45, 7) is 6.75. The van der Waals surface area contributed by atoms with Gasteiger partial charge in [0.25, 0.3) is 0 Å². The molecule has 0 bridgehead atoms. The molecule has 148 valence electrons. The Morgan fingerprint density at radius 3 is 1.97 bits per heavy atom. The fourth-order valence-corrected chi connectivity index (χ4v) is 4.26. The van der Waals surface area contributed by atoms with E-state index in [1.165, 1.54) is 16.8 Å². The molecule has 0 fully saturated rings. The molecule has 2 heteroatoms. The molecule has 0 spiro atoms. The van der Waals surface area contributed by atoms with Gasteiger partial charge in [0.1, 0.15) is 11.2 Å². The molecule has 0 saturated carbocycles. The number of rotatable bonds is 3. The first-order valence-electron chi connectivity index (χ1n) is 10.4. The minimum atomic E-state index is -0.110. The lowest BCUT2D eigenvalue weighted by Gasteiger charge is -2.38. The lowest BCUT2D eigenvalue weighted by molar-refractivity contribution is 0.561. The van der Waals surface area contributed by atoms with Gasteiger partial charge in [0, 0.05) is 16.6 Å². The molecule has 2 nitrogen and oxygen atoms in total. The van der Waals surface area contributed by atoms with Gasteiger partial charge in [-0.3, -0.25) is 0 Å². The molecular formula is C28H25NO. The minimum absolute atomic E-state index is 0.110. The summed E-state index contributed by atoms with van der Waals surface area (Å²) < 4.78 is 6.14. The van der Waals surface area contributed by atoms with E-state index in [0.29, 0.717) is 0 Å². The van der Waals surface area contributed by atoms with Crippen molar-refractivity contribution in [1.82, 2.24) is 0 Å². The number of fused-ring (bicyclic) bond motifs is 3. The van der Waals surface area contributed by atoms with Crippen molar-refractivity contribution in [2.45, 2.75) is 26.3 Å². The summed E-state index contributed by atoms with van der Waals surface area (Å²) in [6.07, 6.45) is 0. The highest BCUT2D eigenvalue weighted by Gasteiger charge is 2.26. The summed E-state index contributed by atoms with van der Waals surface area (Å²) >= 11 is 0. The van der Waals surface area contributed by atoms with E-state index in [0.717, 1.165) is 27.6 Å². The van der Waals surface area contributed by atoms with Crippen molar-refractivity contribution in [1.29, 1.82) is 0 Å². The molecule has 0 aliphatic rings. The van der Waals surface area contributed by atoms with Gasteiger partial charge in [-0.25, -0.2) is 0 Å². The van der Waals surface area contributed by atoms with E-state index in [-0.39, 0.29) is 5.54 Å². The zero-order chi connectivity index (χ0) is 20.7. The van der Waals surface area contributed by atoms with Crippen LogP contribution in [-0.2, 0) is 0 Å². The van der Waals surface area contributed by atoms with Crippen LogP contribution in [0, 0.1) is 0 Å². The van der Waals surface area contributed by atoms with E-state index in [1.807, 2.05) is 12.1 Å². The lowest BCUT2D eigenvalue weighted by atomic mass is 9.99. The Bertz CT molecular complexity index is 1310. The van der Waals surface area contributed by atoms with Crippen LogP contribution < -0.4 is 4.90 Å². The molecule has 0 atom stereocenters. The van der Waals surface area contributed by atoms with Gasteiger partial charge in [-0.1, -0.05) is 66.7 Å². The SMILES string of the molecule is CC(C)(C)N(c1ccc(-c2ccccc2)cc1)c1cccc2oc3ccccc3c12. The van der Waals surface area contributed by atoms with Crippen molar-refractivity contribution in [3.8, 4) is 11.1 Å². The summed E-state index contributed by atoms with van der Waals surface area (Å²) in [5.74, 6) is 0. The first-order valence-corrected chi connectivity index (χ1v) is 10.4. The fourth-order valence-electron chi connectivity index (χ4n) is 4.26. The third kappa shape index (κ3) is 3.15. The van der Waals surface area contributed by atoms with Crippen LogP contribution in [0.15, 0.2) is 101 Å². The second kappa shape index (κ2) is 7.07. The van der Waals surface area contributed by atoms with Crippen LogP contribution in [0.25, 0.3) is 33.1 Å². The zero-order valence-corrected chi connectivity index (χ0v) is 17.6. The van der Waals surface area contributed by atoms with E-state index in [2.05, 4.69) is 111 Å². The van der Waals surface area contributed by atoms with Crippen molar-refractivity contribution in [3.05, 3.63) is 97.1 Å². The van der Waals surface area contributed by atoms with Gasteiger partial charge < -0.3 is 9.32 Å². The maximum atomic E-state index is 6.14. The maximum Gasteiger partial charge on any atom is 0.137 e. The number of para-hydroxylation sites is 1. The normalized spacial score (nSPS) is 11.8. The van der Waals surface area contributed by atoms with Crippen molar-refractivity contribution in [3.63, 3.8) is 0 Å². The number of hydrogen-bond donors (Lipinski definition) is 0. The Balaban J connectivity index is 1.68. The maximum absolute atomic E-state index is 6.14. The molecule has 0 amide bonds. The third-order valence-corrected chi connectivity index (χ3v) is 5.52. The molecule has 0 N–H and O–H groups in total. The van der Waals surface area contributed by atoms with Gasteiger partial charge >= 0.3 is 0 Å². The van der Waals surface area contributed by atoms with Gasteiger partial charge in [0.2, 0.25) is 0 Å². The van der Waals surface area contributed by atoms with Crippen molar-refractivity contribution >= 4 is 33.3 Å². The van der Waals surface area contributed by atoms with Crippen LogP contribution in [-0.4, -0.2) is 5.54 Å². The van der Waals surface area contributed by atoms with Gasteiger partial charge in [-0.15, -0.1) is 0 Å². The summed E-state index contributed by atoms with van der Waals surface area (Å²) in [7, 11) is 0. The van der Waals surface area contributed by atoms with Crippen molar-refractivity contribution < 1.29 is 4.42 Å². The van der Waals surface area contributed by atoms with E-state index >= 15 is 0 Å². The van der Waals surface area contributed by atoms with Gasteiger partial charge in [-0.2, -0.15) is 0 Å². The molecule has 30 heavy (non-hydrogen) atoms. The molecule has 5 aromatic rings. The Labute approximate surface area is 177 Å². The topological polar surface area (TPSA) is 16.4 Å². The van der Waals surface area contributed by atoms with Crippen LogP contribution in [0.4, 0.5) is 11.4 Å². The quantitative estimate of drug-likeness (QED) is 0.308. The highest BCUT2D eigenvalue weighted by Crippen LogP contribution is 2.42. The summed E-state index contributed by atoms with van der Waals surface area (Å²) in [6, 6.07) is 34.0. The van der Waals surface area contributed by atoms with Crippen molar-refractivity contribution in [2.24, 2.45) is 0 Å². The standard InChI is InChI=1S/C28H25NO/c1-28(2,3)29(22-18-16-21(17-19-22)20-10-5-4-6-11-20)24-13-9-15-26-27(24)23-12-7-8-14-25(23)30-26/h4-19H,1-3H3. The fraction of sp³-hybridized carbons (Fsp3) is 0.143. The van der Waals surface area contributed by atoms with Gasteiger partial charge in [0.15, 0.2) is 0 Å². The number of furan rings is 1. The van der Waals surface area contributed by atoms with Crippen LogP contribution in [0.3, 0.4) is 0 Å². The molecule has 0 aliphatic carbocycles. The molecular weight excluding hydrogens is 366 g/mol. The van der Waals surface area contributed by atoms with E-state index in [9.17, 15) is 0 Å². The minimum Gasteiger partial charge on any atom is -0.456 e. The smallest absolute Gasteiger partial charge is 0.137 e. The van der Waals surface area contributed by atoms with Crippen LogP contribution in [0.1, 0.15) is 20.8 Å². The average Bonchev–Trinajstić information content (AvgIpc) is 3.13. The zero-order valence-electron chi connectivity index (χ0n) is 17.6. The summed E-state index contributed by atoms with van der Waals surface area (Å²) in [5, 5.41) is 2.31. The molecule has 0 radical (unpaired) electrons. The third-order valence-electron chi connectivity index (χ3n) is 5.52. The lowest BCUT2D eigenvalue weighted by Crippen LogP contribution is -2.37. The molecule has 0 saturated heterocycles. The highest BCUT2D eigenvalue weighted by molar-refractivity contribution is 6.12. The second-order valence-electron chi connectivity index (χ2n) is 8.67. The van der Waals surface area contributed by atoms with Crippen molar-refractivity contribution in [2.75, 3.05) is 4.90 Å². The molecule has 1 aromatic heterocycles. The predicted molar refractivity (Wildman–Crippen MR) is 127 cm³/mol. The molecule has 1 heterocycles. The Kier molecular flexibility index (Phi) is 4.36. The first-order chi connectivity index (χ1) is 14.5. The Hall–Kier alpha value is -3.52. The monoisotopic (exact) mass is 391 g/mol. The largest absolute Gasteiger partial charge is 0.456 e. The van der Waals surface area contributed by atoms with Gasteiger partial charge in [-0.05, 0) is 62.2 Å². The summed E-state index contributed by atoms with van der Waals surface area (Å²) in [4.78, 5) is 2.41. The second-order valence-corrected chi connectivity index (χ2v) is 8.67. The number of anilines is 2. The number of nitrogens with zero attached hydrogens (tertiary/aromatic N) is 1. The number of benzene rings is 4. The Morgan fingerprint density at radius 2 is 1.23 bits per heavy atom. The summed E-state index contributed by atoms with van der Waals surface area (Å²) in [5.41, 5.74) is 6.52. The predicted octanol–water partition coefficient (Wildman–Crippen LogP) is 8.19. The van der Waals surface area contributed by atoms with E-state index in [4.69, 9.17) is 4.42 Å². The molecule has 0 aliphatic heterocycles. The Morgan fingerprint density at radius 1 is 0.600 bits per heavy atom. The van der Waals surface area contributed by atoms with E-state index < -0.39 is 0 Å². The van der Waals surface area contributed by atoms with Crippen LogP contribution >= 0.6 is 0 Å². The molecule has 0 unspecified atom stereocenters. The highest BCUT2D eigenvalue weighted by atomic mass is 16.3. The number of hydrogen-bond acceptors (Lipinski definition) is 2. The molecule has 5 rings (SSSR count). The first kappa shape index (κ1) is 18.5. The van der Waals surface area contributed by atoms with Crippen LogP contribution in [0.5, 0.6) is 0 Å². The van der Waals surface area contributed by atoms with E-state index in [1.54, 1.807) is 0 Å².